The number of hydrogen-bond acceptors (Lipinski definition) is 6. The molecule has 7 heteroatoms. The van der Waals surface area contributed by atoms with Gasteiger partial charge in [-0.05, 0) is 58.4 Å². The summed E-state index contributed by atoms with van der Waals surface area (Å²) < 4.78 is 21.2. The third-order valence-electron chi connectivity index (χ3n) is 3.64. The SMILES string of the molecule is C#CCOCc1ccco1.CCC.CCCI.OCc1ccco1.Oc1ccc2c(c1)COC2. The van der Waals surface area contributed by atoms with Crippen LogP contribution in [0.5, 0.6) is 5.75 Å². The molecule has 4 rings (SSSR count). The molecule has 0 atom stereocenters. The van der Waals surface area contributed by atoms with E-state index in [-0.39, 0.29) is 6.61 Å². The summed E-state index contributed by atoms with van der Waals surface area (Å²) in [5.74, 6) is 4.10. The molecule has 0 bridgehead atoms. The number of aliphatic hydroxyl groups is 1. The Kier molecular flexibility index (Phi) is 21.0. The zero-order chi connectivity index (χ0) is 25.4. The second-order valence-corrected chi connectivity index (χ2v) is 7.93. The molecule has 0 amide bonds. The molecule has 2 N–H and O–H groups in total. The van der Waals surface area contributed by atoms with Crippen LogP contribution in [-0.4, -0.2) is 21.2 Å². The first kappa shape index (κ1) is 31.8. The van der Waals surface area contributed by atoms with E-state index >= 15 is 0 Å². The summed E-state index contributed by atoms with van der Waals surface area (Å²) in [6.07, 6.45) is 10.7. The summed E-state index contributed by atoms with van der Waals surface area (Å²) in [6, 6.07) is 12.5. The van der Waals surface area contributed by atoms with Crippen molar-refractivity contribution in [1.29, 1.82) is 0 Å². The molecule has 0 aliphatic carbocycles. The Morgan fingerprint density at radius 3 is 2.06 bits per heavy atom. The van der Waals surface area contributed by atoms with E-state index in [1.54, 1.807) is 30.5 Å². The van der Waals surface area contributed by atoms with Crippen LogP contribution in [0, 0.1) is 12.3 Å². The minimum Gasteiger partial charge on any atom is -0.508 e. The molecule has 0 fully saturated rings. The fourth-order valence-electron chi connectivity index (χ4n) is 2.17. The fraction of sp³-hybridized carbons (Fsp3) is 0.407. The summed E-state index contributed by atoms with van der Waals surface area (Å²) in [5, 5.41) is 17.4. The number of halogens is 1. The number of furan rings is 2. The second kappa shape index (κ2) is 22.5. The summed E-state index contributed by atoms with van der Waals surface area (Å²) in [5.41, 5.74) is 2.30. The number of phenols is 1. The molecule has 34 heavy (non-hydrogen) atoms. The molecule has 3 aromatic rings. The van der Waals surface area contributed by atoms with Crippen LogP contribution in [0.15, 0.2) is 63.8 Å². The van der Waals surface area contributed by atoms with Crippen LogP contribution in [0.4, 0.5) is 0 Å². The lowest BCUT2D eigenvalue weighted by molar-refractivity contribution is 0.134. The molecule has 1 aliphatic heterocycles. The maximum absolute atomic E-state index is 9.04. The van der Waals surface area contributed by atoms with Gasteiger partial charge in [-0.25, -0.2) is 0 Å². The average molecular weight is 584 g/mol. The quantitative estimate of drug-likeness (QED) is 0.147. The van der Waals surface area contributed by atoms with Gasteiger partial charge in [0.2, 0.25) is 0 Å². The van der Waals surface area contributed by atoms with Crippen LogP contribution in [0.2, 0.25) is 0 Å². The number of ether oxygens (including phenoxy) is 2. The first-order valence-corrected chi connectivity index (χ1v) is 12.7. The van der Waals surface area contributed by atoms with E-state index in [1.165, 1.54) is 29.1 Å². The van der Waals surface area contributed by atoms with Crippen molar-refractivity contribution in [2.45, 2.75) is 60.0 Å². The van der Waals surface area contributed by atoms with Crippen molar-refractivity contribution in [3.8, 4) is 18.1 Å². The number of rotatable bonds is 5. The fourth-order valence-corrected chi connectivity index (χ4v) is 2.17. The van der Waals surface area contributed by atoms with E-state index in [2.05, 4.69) is 49.3 Å². The average Bonchev–Trinajstić information content (AvgIpc) is 3.63. The second-order valence-electron chi connectivity index (χ2n) is 6.86. The lowest BCUT2D eigenvalue weighted by Crippen LogP contribution is -1.90. The standard InChI is InChI=1S/2C8H8O2.C5H6O2.C3H7I.C3H8/c9-8-2-1-6-4-10-5-7(6)3-8;1-2-5-9-7-8-4-3-6-10-8;6-4-5-2-1-3-7-5;1-2-3-4;1-3-2/h1-3,9H,4-5H2;1,3-4,6H,5,7H2;1-3,6H,4H2;2-3H2,1H3;3H2,1-2H3. The number of aromatic hydroxyl groups is 1. The number of hydrogen-bond donors (Lipinski definition) is 2. The third kappa shape index (κ3) is 16.4. The summed E-state index contributed by atoms with van der Waals surface area (Å²) in [7, 11) is 0. The van der Waals surface area contributed by atoms with Gasteiger partial charge in [0.25, 0.3) is 0 Å². The molecular weight excluding hydrogens is 547 g/mol. The first-order chi connectivity index (χ1) is 16.6. The monoisotopic (exact) mass is 584 g/mol. The Bertz CT molecular complexity index is 852. The normalized spacial score (nSPS) is 10.5. The Morgan fingerprint density at radius 1 is 1.00 bits per heavy atom. The van der Waals surface area contributed by atoms with Gasteiger partial charge in [0.15, 0.2) is 0 Å². The van der Waals surface area contributed by atoms with Crippen LogP contribution in [0.1, 0.15) is 56.3 Å². The Hall–Kier alpha value is -2.25. The van der Waals surface area contributed by atoms with Crippen LogP contribution >= 0.6 is 22.6 Å². The van der Waals surface area contributed by atoms with Crippen molar-refractivity contribution in [2.75, 3.05) is 11.0 Å². The van der Waals surface area contributed by atoms with Crippen LogP contribution in [-0.2, 0) is 35.9 Å². The van der Waals surface area contributed by atoms with E-state index in [1.807, 2.05) is 18.2 Å². The predicted molar refractivity (Wildman–Crippen MR) is 144 cm³/mol. The molecule has 6 nitrogen and oxygen atoms in total. The smallest absolute Gasteiger partial charge is 0.129 e. The van der Waals surface area contributed by atoms with Gasteiger partial charge in [-0.3, -0.25) is 0 Å². The van der Waals surface area contributed by atoms with Gasteiger partial charge in [-0.15, -0.1) is 6.42 Å². The van der Waals surface area contributed by atoms with Crippen molar-refractivity contribution >= 4 is 22.6 Å². The molecular formula is C27H37IO6. The highest BCUT2D eigenvalue weighted by Crippen LogP contribution is 2.23. The van der Waals surface area contributed by atoms with Gasteiger partial charge < -0.3 is 28.5 Å². The summed E-state index contributed by atoms with van der Waals surface area (Å²) >= 11 is 2.35. The van der Waals surface area contributed by atoms with Crippen LogP contribution in [0.25, 0.3) is 0 Å². The predicted octanol–water partition coefficient (Wildman–Crippen LogP) is 6.87. The maximum atomic E-state index is 9.04. The van der Waals surface area contributed by atoms with E-state index < -0.39 is 0 Å². The molecule has 0 radical (unpaired) electrons. The Labute approximate surface area is 217 Å². The Morgan fingerprint density at radius 2 is 1.59 bits per heavy atom. The van der Waals surface area contributed by atoms with Crippen molar-refractivity contribution in [1.82, 2.24) is 0 Å². The number of terminal acetylenes is 1. The minimum absolute atomic E-state index is 0.00694. The highest BCUT2D eigenvalue weighted by molar-refractivity contribution is 14.1. The largest absolute Gasteiger partial charge is 0.508 e. The van der Waals surface area contributed by atoms with Gasteiger partial charge in [-0.2, -0.15) is 0 Å². The van der Waals surface area contributed by atoms with Crippen molar-refractivity contribution < 1.29 is 28.5 Å². The number of fused-ring (bicyclic) bond motifs is 1. The number of alkyl halides is 1. The van der Waals surface area contributed by atoms with Gasteiger partial charge >= 0.3 is 0 Å². The van der Waals surface area contributed by atoms with Crippen LogP contribution in [0.3, 0.4) is 0 Å². The Balaban J connectivity index is 0.000000429. The number of aliphatic hydroxyl groups excluding tert-OH is 1. The van der Waals surface area contributed by atoms with Gasteiger partial charge in [0.05, 0.1) is 25.7 Å². The zero-order valence-electron chi connectivity index (χ0n) is 20.3. The van der Waals surface area contributed by atoms with Crippen LogP contribution < -0.4 is 0 Å². The first-order valence-electron chi connectivity index (χ1n) is 11.2. The molecule has 188 valence electrons. The maximum Gasteiger partial charge on any atom is 0.129 e. The molecule has 0 saturated carbocycles. The van der Waals surface area contributed by atoms with E-state index in [4.69, 9.17) is 34.9 Å². The van der Waals surface area contributed by atoms with Crippen molar-refractivity contribution in [3.05, 3.63) is 77.6 Å². The number of phenolic OH excluding ortho intramolecular Hbond substituents is 1. The molecule has 2 aromatic heterocycles. The molecule has 3 heterocycles. The molecule has 0 spiro atoms. The van der Waals surface area contributed by atoms with Crippen molar-refractivity contribution in [2.24, 2.45) is 0 Å². The van der Waals surface area contributed by atoms with E-state index in [0.29, 0.717) is 37.9 Å². The lowest BCUT2D eigenvalue weighted by atomic mass is 10.1. The van der Waals surface area contributed by atoms with E-state index in [9.17, 15) is 0 Å². The highest BCUT2D eigenvalue weighted by Gasteiger charge is 2.10. The van der Waals surface area contributed by atoms with Gasteiger partial charge in [0, 0.05) is 0 Å². The minimum atomic E-state index is -0.00694. The summed E-state index contributed by atoms with van der Waals surface area (Å²) in [4.78, 5) is 0. The van der Waals surface area contributed by atoms with Gasteiger partial charge in [0.1, 0.15) is 37.1 Å². The topological polar surface area (TPSA) is 85.2 Å². The molecule has 0 saturated heterocycles. The van der Waals surface area contributed by atoms with Crippen molar-refractivity contribution in [3.63, 3.8) is 0 Å². The molecule has 1 aliphatic rings. The van der Waals surface area contributed by atoms with Gasteiger partial charge in [-0.1, -0.05) is 61.8 Å². The third-order valence-corrected chi connectivity index (χ3v) is 4.72. The molecule has 0 unspecified atom stereocenters. The number of benzene rings is 1. The highest BCUT2D eigenvalue weighted by atomic mass is 127. The zero-order valence-corrected chi connectivity index (χ0v) is 22.5. The summed E-state index contributed by atoms with van der Waals surface area (Å²) in [6.45, 7) is 8.54. The molecule has 1 aromatic carbocycles. The van der Waals surface area contributed by atoms with E-state index in [0.717, 1.165) is 11.3 Å². The lowest BCUT2D eigenvalue weighted by Gasteiger charge is -1.95.